The largest absolute Gasteiger partial charge is 0.466 e. The van der Waals surface area contributed by atoms with E-state index >= 15 is 0 Å². The van der Waals surface area contributed by atoms with Crippen LogP contribution in [0.4, 0.5) is 6.01 Å². The Morgan fingerprint density at radius 1 is 1.17 bits per heavy atom. The van der Waals surface area contributed by atoms with Crippen LogP contribution in [-0.4, -0.2) is 4.98 Å². The summed E-state index contributed by atoms with van der Waals surface area (Å²) in [5.74, 6) is 1.85. The van der Waals surface area contributed by atoms with Gasteiger partial charge in [-0.25, -0.2) is 0 Å². The Morgan fingerprint density at radius 3 is 2.72 bits per heavy atom. The van der Waals surface area contributed by atoms with Crippen molar-refractivity contribution in [2.24, 2.45) is 0 Å². The summed E-state index contributed by atoms with van der Waals surface area (Å²) < 4.78 is 11.1. The van der Waals surface area contributed by atoms with Gasteiger partial charge in [0.05, 0.1) is 0 Å². The molecule has 2 aromatic heterocycles. The molecule has 4 nitrogen and oxygen atoms in total. The van der Waals surface area contributed by atoms with Gasteiger partial charge in [-0.05, 0) is 32.0 Å². The van der Waals surface area contributed by atoms with Crippen LogP contribution in [0.2, 0.25) is 0 Å². The molecule has 0 aliphatic rings. The van der Waals surface area contributed by atoms with Gasteiger partial charge < -0.3 is 14.2 Å². The molecule has 0 saturated heterocycles. The standard InChI is InChI=1S/C14H14N2O2/c1-9-7-11(10(2)17-9)8-15-14-16-12-5-3-4-6-13(12)18-14/h3-7H,8H2,1-2H3,(H,15,16). The van der Waals surface area contributed by atoms with Gasteiger partial charge in [-0.1, -0.05) is 12.1 Å². The van der Waals surface area contributed by atoms with Crippen LogP contribution in [0, 0.1) is 13.8 Å². The fraction of sp³-hybridized carbons (Fsp3) is 0.214. The van der Waals surface area contributed by atoms with Crippen molar-refractivity contribution in [1.29, 1.82) is 0 Å². The van der Waals surface area contributed by atoms with E-state index in [0.717, 1.165) is 28.2 Å². The summed E-state index contributed by atoms with van der Waals surface area (Å²) in [7, 11) is 0. The van der Waals surface area contributed by atoms with Gasteiger partial charge in [0.15, 0.2) is 5.58 Å². The highest BCUT2D eigenvalue weighted by atomic mass is 16.4. The third kappa shape index (κ3) is 1.97. The smallest absolute Gasteiger partial charge is 0.295 e. The number of benzene rings is 1. The highest BCUT2D eigenvalue weighted by Crippen LogP contribution is 2.20. The fourth-order valence-corrected chi connectivity index (χ4v) is 1.98. The maximum absolute atomic E-state index is 5.58. The normalized spacial score (nSPS) is 11.0. The van der Waals surface area contributed by atoms with E-state index in [-0.39, 0.29) is 0 Å². The first-order chi connectivity index (χ1) is 8.72. The molecule has 0 unspecified atom stereocenters. The number of para-hydroxylation sites is 2. The van der Waals surface area contributed by atoms with E-state index in [1.165, 1.54) is 0 Å². The van der Waals surface area contributed by atoms with E-state index < -0.39 is 0 Å². The zero-order valence-corrected chi connectivity index (χ0v) is 10.4. The molecule has 0 atom stereocenters. The van der Waals surface area contributed by atoms with Crippen molar-refractivity contribution in [2.45, 2.75) is 20.4 Å². The lowest BCUT2D eigenvalue weighted by atomic mass is 10.2. The van der Waals surface area contributed by atoms with Crippen LogP contribution in [0.3, 0.4) is 0 Å². The Kier molecular flexibility index (Phi) is 2.55. The molecule has 4 heteroatoms. The molecule has 0 amide bonds. The Morgan fingerprint density at radius 2 is 2.00 bits per heavy atom. The number of nitrogens with one attached hydrogen (secondary N) is 1. The lowest BCUT2D eigenvalue weighted by molar-refractivity contribution is 0.501. The third-order valence-electron chi connectivity index (χ3n) is 2.87. The molecular formula is C14H14N2O2. The molecule has 2 heterocycles. The van der Waals surface area contributed by atoms with Crippen molar-refractivity contribution < 1.29 is 8.83 Å². The number of fused-ring (bicyclic) bond motifs is 1. The van der Waals surface area contributed by atoms with Gasteiger partial charge in [0.1, 0.15) is 17.0 Å². The first-order valence-electron chi connectivity index (χ1n) is 5.88. The number of rotatable bonds is 3. The lowest BCUT2D eigenvalue weighted by Crippen LogP contribution is -1.99. The molecule has 3 rings (SSSR count). The Labute approximate surface area is 105 Å². The highest BCUT2D eigenvalue weighted by molar-refractivity contribution is 5.74. The molecule has 0 saturated carbocycles. The summed E-state index contributed by atoms with van der Waals surface area (Å²) in [6, 6.07) is 10.3. The summed E-state index contributed by atoms with van der Waals surface area (Å²) in [5, 5.41) is 3.17. The zero-order valence-electron chi connectivity index (χ0n) is 10.4. The van der Waals surface area contributed by atoms with E-state index in [1.54, 1.807) is 0 Å². The van der Waals surface area contributed by atoms with E-state index in [4.69, 9.17) is 8.83 Å². The van der Waals surface area contributed by atoms with E-state index in [0.29, 0.717) is 12.6 Å². The number of hydrogen-bond donors (Lipinski definition) is 1. The molecule has 18 heavy (non-hydrogen) atoms. The van der Waals surface area contributed by atoms with Gasteiger partial charge in [-0.15, -0.1) is 0 Å². The van der Waals surface area contributed by atoms with Crippen LogP contribution < -0.4 is 5.32 Å². The number of aryl methyl sites for hydroxylation is 2. The highest BCUT2D eigenvalue weighted by Gasteiger charge is 2.07. The quantitative estimate of drug-likeness (QED) is 0.761. The zero-order chi connectivity index (χ0) is 12.5. The van der Waals surface area contributed by atoms with Gasteiger partial charge in [0.2, 0.25) is 0 Å². The van der Waals surface area contributed by atoms with Crippen molar-refractivity contribution in [3.8, 4) is 0 Å². The molecular weight excluding hydrogens is 228 g/mol. The van der Waals surface area contributed by atoms with Crippen LogP contribution >= 0.6 is 0 Å². The molecule has 1 aromatic carbocycles. The predicted octanol–water partition coefficient (Wildman–Crippen LogP) is 3.65. The SMILES string of the molecule is Cc1cc(CNc2nc3ccccc3o2)c(C)o1. The predicted molar refractivity (Wildman–Crippen MR) is 69.5 cm³/mol. The summed E-state index contributed by atoms with van der Waals surface area (Å²) in [6.45, 7) is 4.54. The first kappa shape index (κ1) is 10.9. The minimum Gasteiger partial charge on any atom is -0.466 e. The van der Waals surface area contributed by atoms with Gasteiger partial charge in [-0.2, -0.15) is 4.98 Å². The van der Waals surface area contributed by atoms with Gasteiger partial charge >= 0.3 is 0 Å². The number of nitrogens with zero attached hydrogens (tertiary/aromatic N) is 1. The Hall–Kier alpha value is -2.23. The Bertz CT molecular complexity index is 649. The van der Waals surface area contributed by atoms with E-state index in [1.807, 2.05) is 44.2 Å². The lowest BCUT2D eigenvalue weighted by Gasteiger charge is -1.99. The minimum absolute atomic E-state index is 0.537. The minimum atomic E-state index is 0.537. The van der Waals surface area contributed by atoms with E-state index in [2.05, 4.69) is 10.3 Å². The number of oxazole rings is 1. The van der Waals surface area contributed by atoms with Gasteiger partial charge in [0.25, 0.3) is 6.01 Å². The number of anilines is 1. The summed E-state index contributed by atoms with van der Waals surface area (Å²) >= 11 is 0. The number of furan rings is 1. The van der Waals surface area contributed by atoms with Crippen molar-refractivity contribution in [3.63, 3.8) is 0 Å². The summed E-state index contributed by atoms with van der Waals surface area (Å²) in [4.78, 5) is 4.36. The third-order valence-corrected chi connectivity index (χ3v) is 2.87. The fourth-order valence-electron chi connectivity index (χ4n) is 1.98. The van der Waals surface area contributed by atoms with Crippen LogP contribution in [0.5, 0.6) is 0 Å². The Balaban J connectivity index is 1.78. The molecule has 0 aliphatic carbocycles. The maximum atomic E-state index is 5.58. The molecule has 0 fully saturated rings. The van der Waals surface area contributed by atoms with Crippen molar-refractivity contribution in [3.05, 3.63) is 47.4 Å². The second-order valence-corrected chi connectivity index (χ2v) is 4.28. The summed E-state index contributed by atoms with van der Waals surface area (Å²) in [6.07, 6.45) is 0. The first-order valence-corrected chi connectivity index (χ1v) is 5.88. The van der Waals surface area contributed by atoms with Crippen LogP contribution in [0.15, 0.2) is 39.2 Å². The molecule has 1 N–H and O–H groups in total. The molecule has 0 radical (unpaired) electrons. The van der Waals surface area contributed by atoms with Crippen LogP contribution in [0.1, 0.15) is 17.1 Å². The van der Waals surface area contributed by atoms with Crippen LogP contribution in [0.25, 0.3) is 11.1 Å². The molecule has 0 bridgehead atoms. The topological polar surface area (TPSA) is 51.2 Å². The molecule has 3 aromatic rings. The van der Waals surface area contributed by atoms with Crippen molar-refractivity contribution >= 4 is 17.1 Å². The average Bonchev–Trinajstić information content (AvgIpc) is 2.89. The molecule has 0 aliphatic heterocycles. The maximum Gasteiger partial charge on any atom is 0.295 e. The summed E-state index contributed by atoms with van der Waals surface area (Å²) in [5.41, 5.74) is 2.77. The van der Waals surface area contributed by atoms with Gasteiger partial charge in [0, 0.05) is 12.1 Å². The molecule has 92 valence electrons. The van der Waals surface area contributed by atoms with Gasteiger partial charge in [-0.3, -0.25) is 0 Å². The van der Waals surface area contributed by atoms with E-state index in [9.17, 15) is 0 Å². The second kappa shape index (κ2) is 4.22. The molecule has 0 spiro atoms. The van der Waals surface area contributed by atoms with Crippen LogP contribution in [-0.2, 0) is 6.54 Å². The van der Waals surface area contributed by atoms with Crippen molar-refractivity contribution in [1.82, 2.24) is 4.98 Å². The second-order valence-electron chi connectivity index (χ2n) is 4.28. The monoisotopic (exact) mass is 242 g/mol. The number of aromatic nitrogens is 1. The number of hydrogen-bond acceptors (Lipinski definition) is 4. The van der Waals surface area contributed by atoms with Crippen molar-refractivity contribution in [2.75, 3.05) is 5.32 Å². The average molecular weight is 242 g/mol.